The van der Waals surface area contributed by atoms with Gasteiger partial charge in [-0.1, -0.05) is 31.0 Å². The maximum Gasteiger partial charge on any atom is 0.191 e. The van der Waals surface area contributed by atoms with Gasteiger partial charge in [-0.25, -0.2) is 0 Å². The van der Waals surface area contributed by atoms with Crippen molar-refractivity contribution in [1.82, 2.24) is 10.6 Å². The van der Waals surface area contributed by atoms with Crippen molar-refractivity contribution in [3.05, 3.63) is 29.8 Å². The Balaban J connectivity index is 1.93. The van der Waals surface area contributed by atoms with Crippen LogP contribution in [0.5, 0.6) is 5.75 Å². The van der Waals surface area contributed by atoms with Crippen LogP contribution in [0, 0.1) is 6.92 Å². The molecule has 154 valence electrons. The first-order valence-electron chi connectivity index (χ1n) is 10.1. The fourth-order valence-corrected chi connectivity index (χ4v) is 2.29. The molecule has 0 aromatic heterocycles. The van der Waals surface area contributed by atoms with E-state index in [1.54, 1.807) is 7.05 Å². The van der Waals surface area contributed by atoms with Crippen LogP contribution in [0.3, 0.4) is 0 Å². The number of hydrogen-bond donors (Lipinski definition) is 2. The minimum absolute atomic E-state index is 0.637. The molecule has 0 heterocycles. The molecule has 0 unspecified atom stereocenters. The molecule has 6 nitrogen and oxygen atoms in total. The van der Waals surface area contributed by atoms with Crippen LogP contribution in [0.15, 0.2) is 29.3 Å². The second-order valence-corrected chi connectivity index (χ2v) is 6.37. The van der Waals surface area contributed by atoms with Crippen LogP contribution in [0.1, 0.15) is 38.2 Å². The highest BCUT2D eigenvalue weighted by Gasteiger charge is 1.98. The average molecular weight is 380 g/mol. The average Bonchev–Trinajstić information content (AvgIpc) is 2.69. The van der Waals surface area contributed by atoms with Crippen LogP contribution in [0.25, 0.3) is 0 Å². The molecule has 0 bridgehead atoms. The number of rotatable bonds is 15. The minimum atomic E-state index is 0.637. The number of aliphatic imine (C=N–C) groups is 1. The summed E-state index contributed by atoms with van der Waals surface area (Å²) in [5, 5.41) is 6.55. The zero-order valence-corrected chi connectivity index (χ0v) is 17.3. The van der Waals surface area contributed by atoms with Crippen molar-refractivity contribution in [2.24, 2.45) is 4.99 Å². The van der Waals surface area contributed by atoms with Gasteiger partial charge in [0, 0.05) is 26.7 Å². The number of aryl methyl sites for hydroxylation is 1. The molecule has 0 aliphatic heterocycles. The molecule has 0 atom stereocenters. The smallest absolute Gasteiger partial charge is 0.191 e. The lowest BCUT2D eigenvalue weighted by atomic mass is 10.2. The van der Waals surface area contributed by atoms with E-state index in [0.717, 1.165) is 63.7 Å². The number of nitrogens with zero attached hydrogens (tertiary/aromatic N) is 1. The van der Waals surface area contributed by atoms with Gasteiger partial charge in [-0.15, -0.1) is 0 Å². The van der Waals surface area contributed by atoms with E-state index >= 15 is 0 Å². The predicted octanol–water partition coefficient (Wildman–Crippen LogP) is 3.15. The molecular formula is C21H37N3O3. The maximum atomic E-state index is 5.73. The molecule has 1 aromatic rings. The normalized spacial score (nSPS) is 11.4. The summed E-state index contributed by atoms with van der Waals surface area (Å²) < 4.78 is 16.7. The molecule has 2 N–H and O–H groups in total. The van der Waals surface area contributed by atoms with Gasteiger partial charge in [0.1, 0.15) is 5.75 Å². The van der Waals surface area contributed by atoms with E-state index in [0.29, 0.717) is 19.8 Å². The number of guanidine groups is 1. The van der Waals surface area contributed by atoms with Gasteiger partial charge in [0.05, 0.1) is 26.4 Å². The Hall–Kier alpha value is -1.79. The van der Waals surface area contributed by atoms with Gasteiger partial charge in [0.25, 0.3) is 0 Å². The summed E-state index contributed by atoms with van der Waals surface area (Å²) in [5.74, 6) is 1.74. The van der Waals surface area contributed by atoms with E-state index in [4.69, 9.17) is 14.2 Å². The highest BCUT2D eigenvalue weighted by atomic mass is 16.5. The third-order valence-corrected chi connectivity index (χ3v) is 3.93. The summed E-state index contributed by atoms with van der Waals surface area (Å²) in [6.07, 6.45) is 4.30. The van der Waals surface area contributed by atoms with Crippen molar-refractivity contribution >= 4 is 5.96 Å². The Morgan fingerprint density at radius 3 is 2.26 bits per heavy atom. The van der Waals surface area contributed by atoms with Gasteiger partial charge in [-0.2, -0.15) is 0 Å². The summed E-state index contributed by atoms with van der Waals surface area (Å²) in [7, 11) is 1.78. The van der Waals surface area contributed by atoms with Crippen LogP contribution in [-0.4, -0.2) is 59.1 Å². The first kappa shape index (κ1) is 23.2. The number of benzene rings is 1. The largest absolute Gasteiger partial charge is 0.494 e. The highest BCUT2D eigenvalue weighted by Crippen LogP contribution is 2.11. The maximum absolute atomic E-state index is 5.73. The van der Waals surface area contributed by atoms with Gasteiger partial charge in [0.2, 0.25) is 0 Å². The van der Waals surface area contributed by atoms with E-state index in [-0.39, 0.29) is 0 Å². The van der Waals surface area contributed by atoms with E-state index < -0.39 is 0 Å². The van der Waals surface area contributed by atoms with Crippen molar-refractivity contribution in [2.45, 2.75) is 39.5 Å². The van der Waals surface area contributed by atoms with Gasteiger partial charge in [-0.3, -0.25) is 4.99 Å². The fraction of sp³-hybridized carbons (Fsp3) is 0.667. The second kappa shape index (κ2) is 16.4. The lowest BCUT2D eigenvalue weighted by molar-refractivity contribution is 0.0487. The zero-order chi connectivity index (χ0) is 19.6. The molecule has 0 fully saturated rings. The third-order valence-electron chi connectivity index (χ3n) is 3.93. The Labute approximate surface area is 164 Å². The van der Waals surface area contributed by atoms with Crippen molar-refractivity contribution < 1.29 is 14.2 Å². The lowest BCUT2D eigenvalue weighted by Crippen LogP contribution is -2.39. The van der Waals surface area contributed by atoms with E-state index in [1.807, 2.05) is 12.1 Å². The van der Waals surface area contributed by atoms with Crippen molar-refractivity contribution in [3.63, 3.8) is 0 Å². The minimum Gasteiger partial charge on any atom is -0.494 e. The molecule has 1 rings (SSSR count). The summed E-state index contributed by atoms with van der Waals surface area (Å²) >= 11 is 0. The second-order valence-electron chi connectivity index (χ2n) is 6.37. The monoisotopic (exact) mass is 379 g/mol. The molecule has 0 spiro atoms. The fourth-order valence-electron chi connectivity index (χ4n) is 2.29. The first-order valence-corrected chi connectivity index (χ1v) is 10.1. The SMILES string of the molecule is CCCCOCCOCCNC(=NC)NCCCCOc1ccc(C)cc1. The lowest BCUT2D eigenvalue weighted by Gasteiger charge is -2.12. The molecule has 0 aliphatic carbocycles. The van der Waals surface area contributed by atoms with Crippen LogP contribution >= 0.6 is 0 Å². The summed E-state index contributed by atoms with van der Waals surface area (Å²) in [4.78, 5) is 4.21. The summed E-state index contributed by atoms with van der Waals surface area (Å²) in [6.45, 7) is 9.32. The number of unbranched alkanes of at least 4 members (excludes halogenated alkanes) is 2. The van der Waals surface area contributed by atoms with E-state index in [2.05, 4.69) is 41.6 Å². The molecular weight excluding hydrogens is 342 g/mol. The Morgan fingerprint density at radius 1 is 0.852 bits per heavy atom. The quantitative estimate of drug-likeness (QED) is 0.278. The number of nitrogens with one attached hydrogen (secondary N) is 2. The van der Waals surface area contributed by atoms with Gasteiger partial charge in [0.15, 0.2) is 5.96 Å². The summed E-state index contributed by atoms with van der Waals surface area (Å²) in [5.41, 5.74) is 1.25. The van der Waals surface area contributed by atoms with Gasteiger partial charge >= 0.3 is 0 Å². The Bertz CT molecular complexity index is 492. The van der Waals surface area contributed by atoms with E-state index in [1.165, 1.54) is 5.56 Å². The molecule has 0 saturated carbocycles. The van der Waals surface area contributed by atoms with E-state index in [9.17, 15) is 0 Å². The number of hydrogen-bond acceptors (Lipinski definition) is 4. The number of ether oxygens (including phenoxy) is 3. The molecule has 0 aliphatic rings. The molecule has 0 saturated heterocycles. The molecule has 1 aromatic carbocycles. The Kier molecular flexibility index (Phi) is 14.1. The summed E-state index contributed by atoms with van der Waals surface area (Å²) in [6, 6.07) is 8.16. The molecule has 27 heavy (non-hydrogen) atoms. The standard InChI is InChI=1S/C21H37N3O3/c1-4-5-14-25-17-18-26-16-13-24-21(22-3)23-12-6-7-15-27-20-10-8-19(2)9-11-20/h8-11H,4-7,12-18H2,1-3H3,(H2,22,23,24). The van der Waals surface area contributed by atoms with Gasteiger partial charge < -0.3 is 24.8 Å². The first-order chi connectivity index (χ1) is 13.3. The topological polar surface area (TPSA) is 64.1 Å². The predicted molar refractivity (Wildman–Crippen MR) is 112 cm³/mol. The van der Waals surface area contributed by atoms with Crippen LogP contribution in [0.4, 0.5) is 0 Å². The zero-order valence-electron chi connectivity index (χ0n) is 17.3. The van der Waals surface area contributed by atoms with Crippen molar-refractivity contribution in [2.75, 3.05) is 53.2 Å². The van der Waals surface area contributed by atoms with Crippen molar-refractivity contribution in [3.8, 4) is 5.75 Å². The highest BCUT2D eigenvalue weighted by molar-refractivity contribution is 5.79. The van der Waals surface area contributed by atoms with Crippen LogP contribution < -0.4 is 15.4 Å². The van der Waals surface area contributed by atoms with Crippen LogP contribution in [-0.2, 0) is 9.47 Å². The Morgan fingerprint density at radius 2 is 1.56 bits per heavy atom. The van der Waals surface area contributed by atoms with Crippen LogP contribution in [0.2, 0.25) is 0 Å². The van der Waals surface area contributed by atoms with Gasteiger partial charge in [-0.05, 0) is 38.3 Å². The molecule has 0 amide bonds. The molecule has 0 radical (unpaired) electrons. The van der Waals surface area contributed by atoms with Crippen molar-refractivity contribution in [1.29, 1.82) is 0 Å². The third kappa shape index (κ3) is 13.1. The molecule has 6 heteroatoms.